The molecule has 112 valence electrons. The molecule has 0 aromatic carbocycles. The number of aromatic amines is 1. The number of hydrogen-bond donors (Lipinski definition) is 1. The number of piperazine rings is 1. The lowest BCUT2D eigenvalue weighted by Crippen LogP contribution is -2.56. The second-order valence-electron chi connectivity index (χ2n) is 5.41. The Bertz CT molecular complexity index is 574. The molecule has 2 saturated heterocycles. The van der Waals surface area contributed by atoms with Gasteiger partial charge in [-0.05, 0) is 19.4 Å². The van der Waals surface area contributed by atoms with Crippen molar-refractivity contribution >= 4 is 21.6 Å². The Labute approximate surface area is 124 Å². The number of nitrogens with one attached hydrogen (secondary N) is 1. The van der Waals surface area contributed by atoms with Crippen molar-refractivity contribution < 1.29 is 8.42 Å². The first-order valence-electron chi connectivity index (χ1n) is 6.95. The van der Waals surface area contributed by atoms with Crippen LogP contribution in [0.1, 0.15) is 24.8 Å². The highest BCUT2D eigenvalue weighted by molar-refractivity contribution is 7.89. The van der Waals surface area contributed by atoms with Crippen molar-refractivity contribution in [1.82, 2.24) is 19.4 Å². The molecule has 2 aliphatic heterocycles. The Morgan fingerprint density at radius 2 is 2.20 bits per heavy atom. The lowest BCUT2D eigenvalue weighted by molar-refractivity contribution is 0.0850. The third-order valence-electron chi connectivity index (χ3n) is 4.22. The van der Waals surface area contributed by atoms with Crippen LogP contribution >= 0.6 is 11.6 Å². The maximum absolute atomic E-state index is 12.7. The quantitative estimate of drug-likeness (QED) is 0.844. The first kappa shape index (κ1) is 14.3. The summed E-state index contributed by atoms with van der Waals surface area (Å²) < 4.78 is 26.9. The maximum atomic E-state index is 12.7. The van der Waals surface area contributed by atoms with E-state index < -0.39 is 10.0 Å². The van der Waals surface area contributed by atoms with Crippen LogP contribution in [0.4, 0.5) is 0 Å². The zero-order chi connectivity index (χ0) is 14.2. The molecule has 8 heteroatoms. The van der Waals surface area contributed by atoms with Crippen molar-refractivity contribution in [3.8, 4) is 0 Å². The van der Waals surface area contributed by atoms with Crippen LogP contribution in [-0.2, 0) is 15.9 Å². The largest absolute Gasteiger partial charge is 0.298 e. The number of sulfonamides is 1. The minimum absolute atomic E-state index is 0.147. The van der Waals surface area contributed by atoms with Gasteiger partial charge in [-0.25, -0.2) is 8.42 Å². The average Bonchev–Trinajstić information content (AvgIpc) is 2.96. The monoisotopic (exact) mass is 318 g/mol. The van der Waals surface area contributed by atoms with E-state index >= 15 is 0 Å². The molecular formula is C12H19ClN4O2S. The van der Waals surface area contributed by atoms with Gasteiger partial charge in [-0.2, -0.15) is 9.40 Å². The van der Waals surface area contributed by atoms with Gasteiger partial charge in [0.1, 0.15) is 0 Å². The molecule has 3 heterocycles. The molecule has 0 radical (unpaired) electrons. The predicted molar refractivity (Wildman–Crippen MR) is 76.1 cm³/mol. The van der Waals surface area contributed by atoms with Crippen LogP contribution in [0, 0.1) is 0 Å². The molecule has 0 spiro atoms. The van der Waals surface area contributed by atoms with Crippen molar-refractivity contribution in [2.75, 3.05) is 26.2 Å². The molecule has 20 heavy (non-hydrogen) atoms. The summed E-state index contributed by atoms with van der Waals surface area (Å²) in [5.74, 6) is 0.147. The van der Waals surface area contributed by atoms with Crippen molar-refractivity contribution in [3.05, 3.63) is 11.8 Å². The molecule has 0 aliphatic carbocycles. The first-order chi connectivity index (χ1) is 9.63. The van der Waals surface area contributed by atoms with E-state index in [-0.39, 0.29) is 10.9 Å². The molecule has 6 nitrogen and oxygen atoms in total. The van der Waals surface area contributed by atoms with Gasteiger partial charge in [0, 0.05) is 31.2 Å². The number of fused-ring (bicyclic) bond motifs is 1. The van der Waals surface area contributed by atoms with E-state index in [4.69, 9.17) is 11.6 Å². The van der Waals surface area contributed by atoms with Gasteiger partial charge >= 0.3 is 0 Å². The third-order valence-corrected chi connectivity index (χ3v) is 6.39. The summed E-state index contributed by atoms with van der Waals surface area (Å²) in [5.41, 5.74) is 0.540. The van der Waals surface area contributed by atoms with E-state index in [1.807, 2.05) is 0 Å². The fourth-order valence-electron chi connectivity index (χ4n) is 3.09. The Balaban J connectivity index is 1.82. The zero-order valence-electron chi connectivity index (χ0n) is 11.3. The predicted octanol–water partition coefficient (Wildman–Crippen LogP) is 1.01. The van der Waals surface area contributed by atoms with Gasteiger partial charge in [-0.15, -0.1) is 11.6 Å². The topological polar surface area (TPSA) is 69.3 Å². The van der Waals surface area contributed by atoms with E-state index in [1.54, 1.807) is 4.31 Å². The average molecular weight is 319 g/mol. The molecule has 1 aromatic rings. The molecule has 1 N–H and O–H groups in total. The maximum Gasteiger partial charge on any atom is 0.260 e. The van der Waals surface area contributed by atoms with Gasteiger partial charge in [0.25, 0.3) is 10.0 Å². The molecule has 2 aliphatic rings. The van der Waals surface area contributed by atoms with E-state index in [1.165, 1.54) is 19.0 Å². The number of halogens is 1. The number of rotatable bonds is 3. The molecule has 2 fully saturated rings. The summed E-state index contributed by atoms with van der Waals surface area (Å²) in [4.78, 5) is 2.41. The van der Waals surface area contributed by atoms with Gasteiger partial charge in [0.2, 0.25) is 0 Å². The second-order valence-corrected chi connectivity index (χ2v) is 7.55. The summed E-state index contributed by atoms with van der Waals surface area (Å²) in [6.07, 6.45) is 4.97. The van der Waals surface area contributed by atoms with Crippen LogP contribution in [0.2, 0.25) is 0 Å². The van der Waals surface area contributed by atoms with Crippen LogP contribution in [0.5, 0.6) is 0 Å². The van der Waals surface area contributed by atoms with Crippen LogP contribution in [-0.4, -0.2) is 60.0 Å². The van der Waals surface area contributed by atoms with Crippen molar-refractivity contribution in [3.63, 3.8) is 0 Å². The summed E-state index contributed by atoms with van der Waals surface area (Å²) in [7, 11) is -3.51. The Kier molecular flexibility index (Phi) is 4.03. The standard InChI is InChI=1S/C12H19ClN4O2S/c13-7-10-8-14-15-12(10)20(18,19)17-6-5-16-4-2-1-3-11(16)9-17/h8,11H,1-7,9H2,(H,14,15). The number of piperidine rings is 1. The van der Waals surface area contributed by atoms with Crippen LogP contribution in [0.3, 0.4) is 0 Å². The van der Waals surface area contributed by atoms with E-state index in [2.05, 4.69) is 15.1 Å². The number of aromatic nitrogens is 2. The van der Waals surface area contributed by atoms with E-state index in [0.29, 0.717) is 24.7 Å². The molecule has 1 atom stereocenters. The zero-order valence-corrected chi connectivity index (χ0v) is 12.8. The fourth-order valence-corrected chi connectivity index (χ4v) is 4.95. The summed E-state index contributed by atoms with van der Waals surface area (Å²) >= 11 is 5.78. The fraction of sp³-hybridized carbons (Fsp3) is 0.750. The van der Waals surface area contributed by atoms with Gasteiger partial charge in [-0.1, -0.05) is 6.42 Å². The van der Waals surface area contributed by atoms with E-state index in [0.717, 1.165) is 19.5 Å². The number of H-pyrrole nitrogens is 1. The Morgan fingerprint density at radius 3 is 3.00 bits per heavy atom. The van der Waals surface area contributed by atoms with Crippen molar-refractivity contribution in [2.45, 2.75) is 36.2 Å². The Morgan fingerprint density at radius 1 is 1.35 bits per heavy atom. The summed E-state index contributed by atoms with van der Waals surface area (Å²) in [6.45, 7) is 3.02. The van der Waals surface area contributed by atoms with Crippen molar-refractivity contribution in [2.24, 2.45) is 0 Å². The number of nitrogens with zero attached hydrogens (tertiary/aromatic N) is 3. The summed E-state index contributed by atoms with van der Waals surface area (Å²) in [5, 5.41) is 6.55. The molecule has 3 rings (SSSR count). The second kappa shape index (κ2) is 5.63. The molecule has 1 aromatic heterocycles. The highest BCUT2D eigenvalue weighted by Gasteiger charge is 2.36. The highest BCUT2D eigenvalue weighted by Crippen LogP contribution is 2.26. The molecule has 0 amide bonds. The first-order valence-corrected chi connectivity index (χ1v) is 8.93. The minimum atomic E-state index is -3.51. The van der Waals surface area contributed by atoms with Gasteiger partial charge in [0.15, 0.2) is 5.03 Å². The highest BCUT2D eigenvalue weighted by atomic mass is 35.5. The molecule has 0 bridgehead atoms. The smallest absolute Gasteiger partial charge is 0.260 e. The minimum Gasteiger partial charge on any atom is -0.298 e. The number of hydrogen-bond acceptors (Lipinski definition) is 4. The van der Waals surface area contributed by atoms with Gasteiger partial charge in [-0.3, -0.25) is 10.00 Å². The Hall–Kier alpha value is -0.630. The van der Waals surface area contributed by atoms with Crippen molar-refractivity contribution in [1.29, 1.82) is 0 Å². The van der Waals surface area contributed by atoms with Gasteiger partial charge in [0.05, 0.1) is 12.1 Å². The van der Waals surface area contributed by atoms with Crippen LogP contribution in [0.15, 0.2) is 11.2 Å². The number of alkyl halides is 1. The summed E-state index contributed by atoms with van der Waals surface area (Å²) in [6, 6.07) is 0.356. The third kappa shape index (κ3) is 2.47. The molecular weight excluding hydrogens is 300 g/mol. The SMILES string of the molecule is O=S(=O)(c1[nH]ncc1CCl)N1CCN2CCCCC2C1. The van der Waals surface area contributed by atoms with Crippen LogP contribution < -0.4 is 0 Å². The normalized spacial score (nSPS) is 25.6. The molecule has 1 unspecified atom stereocenters. The van der Waals surface area contributed by atoms with Crippen LogP contribution in [0.25, 0.3) is 0 Å². The van der Waals surface area contributed by atoms with E-state index in [9.17, 15) is 8.42 Å². The lowest BCUT2D eigenvalue weighted by atomic mass is 10.0. The molecule has 0 saturated carbocycles. The van der Waals surface area contributed by atoms with Gasteiger partial charge < -0.3 is 0 Å². The lowest BCUT2D eigenvalue weighted by Gasteiger charge is -2.43.